The number of fused-ring (bicyclic) bond motifs is 5. The lowest BCUT2D eigenvalue weighted by atomic mass is 10.1. The smallest absolute Gasteiger partial charge is 0.410 e. The van der Waals surface area contributed by atoms with Crippen LogP contribution in [0.1, 0.15) is 90.4 Å². The van der Waals surface area contributed by atoms with E-state index in [4.69, 9.17) is 21.6 Å². The van der Waals surface area contributed by atoms with Crippen LogP contribution < -0.4 is 41.3 Å². The van der Waals surface area contributed by atoms with Gasteiger partial charge in [0.25, 0.3) is 0 Å². The van der Waals surface area contributed by atoms with Gasteiger partial charge in [0.15, 0.2) is 0 Å². The highest BCUT2D eigenvalue weighted by atomic mass is 127. The van der Waals surface area contributed by atoms with Crippen LogP contribution in [0.2, 0.25) is 0 Å². The molecule has 0 aliphatic carbocycles. The zero-order valence-corrected chi connectivity index (χ0v) is 69.9. The number of rotatable bonds is 8. The standard InChI is InChI=1S/C18H22N4S.C17H23BrN2O2.C13H17BrN2.C13H19N3.C12H15BrN2.C6H7NS2.HI/c1-21-8-7-15(12-21)22-9-6-13-11-14(4-5-16(13)22)20-18(19)17-3-2-10-23-17;1-17(2,3)22-16(21)19-8-7-14(11-19)20-9-6-12-10-13(18)4-5-15(12)20;2*1-15-6-5-12(9-15)16-7-4-10-8-11(14)2-3-13(10)16;13-10-1-2-12-9(7-10)4-6-15(12)11-3-5-14-8-11;1-8-6(7)5-3-2-4-9-5;/h2-5,10-11,15H,6-9,12H2,1H3,(H2,19,20);4-5,10,14H,6-9,11H2,1-3H3;2-3,8,12H,4-7,9H2,1H3;2-3,8,12H,4-7,9,14H2,1H3;1-2,7,11,14H,3-6,8H2;2-4,7H,1H3;1H. The van der Waals surface area contributed by atoms with Crippen LogP contribution in [-0.2, 0) is 36.8 Å². The topological polar surface area (TPSA) is 156 Å². The van der Waals surface area contributed by atoms with E-state index in [9.17, 15) is 4.79 Å². The molecule has 102 heavy (non-hydrogen) atoms. The highest BCUT2D eigenvalue weighted by Gasteiger charge is 2.37. The number of halogens is 4. The summed E-state index contributed by atoms with van der Waals surface area (Å²) in [6.45, 7) is 22.6. The van der Waals surface area contributed by atoms with Gasteiger partial charge < -0.3 is 65.6 Å². The monoisotopic (exact) mass is 1740 g/mol. The molecule has 10 aliphatic rings. The van der Waals surface area contributed by atoms with Gasteiger partial charge >= 0.3 is 6.09 Å². The molecule has 5 fully saturated rings. The van der Waals surface area contributed by atoms with E-state index in [1.54, 1.807) is 22.7 Å². The van der Waals surface area contributed by atoms with E-state index < -0.39 is 5.60 Å². The second kappa shape index (κ2) is 36.1. The quantitative estimate of drug-likeness (QED) is 0.0493. The van der Waals surface area contributed by atoms with Crippen molar-refractivity contribution in [2.45, 2.75) is 121 Å². The Morgan fingerprint density at radius 1 is 0.539 bits per heavy atom. The van der Waals surface area contributed by atoms with E-state index in [0.29, 0.717) is 35.0 Å². The molecular formula is C79H104Br3IN14O2S3. The van der Waals surface area contributed by atoms with Gasteiger partial charge in [-0.3, -0.25) is 5.41 Å². The molecule has 2 aromatic heterocycles. The van der Waals surface area contributed by atoms with Crippen LogP contribution in [0.3, 0.4) is 0 Å². The fourth-order valence-corrected chi connectivity index (χ4v) is 19.1. The van der Waals surface area contributed by atoms with E-state index in [2.05, 4.69) is 203 Å². The summed E-state index contributed by atoms with van der Waals surface area (Å²) in [7, 11) is 6.64. The molecule has 5 aromatic carbocycles. The number of nitrogens with one attached hydrogen (secondary N) is 2. The molecule has 5 unspecified atom stereocenters. The summed E-state index contributed by atoms with van der Waals surface area (Å²) >= 11 is 15.3. The van der Waals surface area contributed by atoms with Crippen LogP contribution in [-0.4, -0.2) is 198 Å². The highest BCUT2D eigenvalue weighted by molar-refractivity contribution is 14.0. The van der Waals surface area contributed by atoms with E-state index in [0.717, 1.165) is 96.6 Å². The number of likely N-dealkylation sites (tertiary alicyclic amines) is 4. The van der Waals surface area contributed by atoms with Crippen molar-refractivity contribution in [3.8, 4) is 0 Å². The van der Waals surface area contributed by atoms with Crippen molar-refractivity contribution in [3.63, 3.8) is 0 Å². The zero-order chi connectivity index (χ0) is 70.9. The number of thiophene rings is 2. The first kappa shape index (κ1) is 78.1. The van der Waals surface area contributed by atoms with Gasteiger partial charge in [-0.2, -0.15) is 0 Å². The molecule has 548 valence electrons. The number of anilines is 6. The summed E-state index contributed by atoms with van der Waals surface area (Å²) in [4.78, 5) is 40.7. The Balaban J connectivity index is 0.000000125. The number of carbonyl (C=O) groups is 1. The molecule has 6 N–H and O–H groups in total. The number of carbonyl (C=O) groups excluding carboxylic acids is 1. The lowest BCUT2D eigenvalue weighted by Crippen LogP contribution is -2.40. The number of hydrogen-bond acceptors (Lipinski definition) is 17. The van der Waals surface area contributed by atoms with E-state index in [-0.39, 0.29) is 30.1 Å². The third-order valence-corrected chi connectivity index (χ3v) is 25.1. The molecule has 7 aromatic rings. The molecule has 5 atom stereocenters. The number of amides is 1. The van der Waals surface area contributed by atoms with E-state index in [1.165, 1.54) is 174 Å². The van der Waals surface area contributed by atoms with Gasteiger partial charge in [-0.1, -0.05) is 59.9 Å². The molecule has 17 rings (SSSR count). The molecule has 23 heteroatoms. The predicted octanol–water partition coefficient (Wildman–Crippen LogP) is 15.8. The SMILES string of the molecule is Brc1ccc2c(c1)CCN2C1CCNC1.CC(C)(C)OC(=O)N1CCC(N2CCc3cc(Br)ccc32)C1.CN1CCC(N2CCc3cc(Br)ccc32)C1.CN1CCC(N2CCc3cc(N)ccc32)C1.CN1CCC(N2CCc3cc(N=C(N)c4cccs4)ccc32)C1.CSC(=N)c1cccs1.I. The summed E-state index contributed by atoms with van der Waals surface area (Å²) < 4.78 is 9.02. The van der Waals surface area contributed by atoms with Crippen LogP contribution in [0.5, 0.6) is 0 Å². The van der Waals surface area contributed by atoms with Crippen molar-refractivity contribution >= 4 is 163 Å². The van der Waals surface area contributed by atoms with Crippen molar-refractivity contribution in [1.29, 1.82) is 5.41 Å². The Bertz CT molecular complexity index is 3890. The third-order valence-electron chi connectivity index (χ3n) is 21.1. The Hall–Kier alpha value is -4.93. The maximum atomic E-state index is 12.2. The summed E-state index contributed by atoms with van der Waals surface area (Å²) in [5, 5.41) is 15.5. The molecule has 0 radical (unpaired) electrons. The first-order chi connectivity index (χ1) is 48.7. The minimum Gasteiger partial charge on any atom is -0.444 e. The van der Waals surface area contributed by atoms with Gasteiger partial charge in [0.05, 0.1) is 15.4 Å². The van der Waals surface area contributed by atoms with Crippen LogP contribution in [0.4, 0.5) is 44.6 Å². The largest absolute Gasteiger partial charge is 0.444 e. The van der Waals surface area contributed by atoms with Crippen LogP contribution in [0, 0.1) is 5.41 Å². The highest BCUT2D eigenvalue weighted by Crippen LogP contribution is 2.39. The second-order valence-electron chi connectivity index (χ2n) is 29.4. The molecule has 0 saturated carbocycles. The predicted molar refractivity (Wildman–Crippen MR) is 455 cm³/mol. The Morgan fingerprint density at radius 3 is 1.34 bits per heavy atom. The average molecular weight is 1740 g/mol. The molecule has 10 aliphatic heterocycles. The van der Waals surface area contributed by atoms with Gasteiger partial charge in [0.1, 0.15) is 16.5 Å². The molecule has 12 heterocycles. The van der Waals surface area contributed by atoms with Crippen LogP contribution in [0.15, 0.2) is 144 Å². The number of nitrogens with zero attached hydrogens (tertiary/aromatic N) is 10. The number of likely N-dealkylation sites (N-methyl/N-ethyl adjacent to an activating group) is 3. The van der Waals surface area contributed by atoms with E-state index in [1.807, 2.05) is 73.0 Å². The van der Waals surface area contributed by atoms with Crippen molar-refractivity contribution in [1.82, 2.24) is 24.9 Å². The van der Waals surface area contributed by atoms with Crippen molar-refractivity contribution in [2.24, 2.45) is 10.7 Å². The minimum absolute atomic E-state index is 0. The molecule has 16 nitrogen and oxygen atoms in total. The number of nitrogen functional groups attached to an aromatic ring is 1. The fraction of sp³-hybridized carbons (Fsp3) is 0.481. The lowest BCUT2D eigenvalue weighted by Gasteiger charge is -2.28. The lowest BCUT2D eigenvalue weighted by molar-refractivity contribution is 0.0292. The van der Waals surface area contributed by atoms with Crippen LogP contribution in [0.25, 0.3) is 0 Å². The van der Waals surface area contributed by atoms with Crippen molar-refractivity contribution in [3.05, 3.63) is 177 Å². The number of ether oxygens (including phenoxy) is 1. The molecule has 5 saturated heterocycles. The van der Waals surface area contributed by atoms with Gasteiger partial charge in [-0.15, -0.1) is 58.4 Å². The summed E-state index contributed by atoms with van der Waals surface area (Å²) in [5.74, 6) is 0.604. The first-order valence-electron chi connectivity index (χ1n) is 36.2. The number of aliphatic imine (C=N–C) groups is 1. The molecule has 0 spiro atoms. The summed E-state index contributed by atoms with van der Waals surface area (Å²) in [6.07, 6.45) is 13.6. The van der Waals surface area contributed by atoms with Crippen molar-refractivity contribution in [2.75, 3.05) is 156 Å². The van der Waals surface area contributed by atoms with Crippen LogP contribution >= 0.6 is 106 Å². The maximum absolute atomic E-state index is 12.2. The normalized spacial score (nSPS) is 21.8. The third kappa shape index (κ3) is 20.0. The number of nitrogens with two attached hydrogens (primary N) is 2. The van der Waals surface area contributed by atoms with Gasteiger partial charge in [-0.05, 0) is 280 Å². The zero-order valence-electron chi connectivity index (χ0n) is 60.4. The second-order valence-corrected chi connectivity index (χ2v) is 34.8. The molecule has 1 amide bonds. The van der Waals surface area contributed by atoms with Crippen molar-refractivity contribution < 1.29 is 9.53 Å². The Morgan fingerprint density at radius 2 is 0.941 bits per heavy atom. The maximum Gasteiger partial charge on any atom is 0.410 e. The first-order valence-corrected chi connectivity index (χ1v) is 41.6. The molecule has 0 bridgehead atoms. The molecular weight excluding hydrogens is 1640 g/mol. The Labute approximate surface area is 661 Å². The Kier molecular flexibility index (Phi) is 27.7. The summed E-state index contributed by atoms with van der Waals surface area (Å²) in [6, 6.07) is 43.9. The van der Waals surface area contributed by atoms with Gasteiger partial charge in [0, 0.05) is 150 Å². The number of thioether (sulfide) groups is 1. The minimum atomic E-state index is -0.429. The van der Waals surface area contributed by atoms with Gasteiger partial charge in [-0.25, -0.2) is 9.79 Å². The number of amidine groups is 1. The average Bonchev–Trinajstić information content (AvgIpc) is 1.66. The summed E-state index contributed by atoms with van der Waals surface area (Å²) in [5.41, 5.74) is 27.6. The number of hydrogen-bond donors (Lipinski definition) is 4. The number of benzene rings is 5. The van der Waals surface area contributed by atoms with Gasteiger partial charge in [0.2, 0.25) is 0 Å². The van der Waals surface area contributed by atoms with E-state index >= 15 is 0 Å². The fourth-order valence-electron chi connectivity index (χ4n) is 16.0.